The lowest BCUT2D eigenvalue weighted by Crippen LogP contribution is -2.14. The highest BCUT2D eigenvalue weighted by atomic mass is 79.9. The molecule has 0 saturated heterocycles. The van der Waals surface area contributed by atoms with Gasteiger partial charge >= 0.3 is 0 Å². The summed E-state index contributed by atoms with van der Waals surface area (Å²) in [5, 5.41) is 10.6. The molecule has 0 bridgehead atoms. The van der Waals surface area contributed by atoms with Crippen LogP contribution in [-0.4, -0.2) is 13.3 Å². The van der Waals surface area contributed by atoms with Crippen LogP contribution in [0.3, 0.4) is 0 Å². The maximum atomic E-state index is 12.3. The maximum Gasteiger partial charge on any atom is 0.269 e. The summed E-state index contributed by atoms with van der Waals surface area (Å²) in [6.07, 6.45) is 0. The molecule has 0 amide bonds. The van der Waals surface area contributed by atoms with Crippen molar-refractivity contribution in [1.29, 1.82) is 0 Å². The van der Waals surface area contributed by atoms with E-state index in [2.05, 4.69) is 20.7 Å². The van der Waals surface area contributed by atoms with E-state index in [1.54, 1.807) is 19.1 Å². The molecule has 8 heteroatoms. The molecule has 6 nitrogen and oxygen atoms in total. The first kappa shape index (κ1) is 15.5. The number of benzene rings is 2. The topological polar surface area (TPSA) is 89.3 Å². The van der Waals surface area contributed by atoms with Gasteiger partial charge < -0.3 is 0 Å². The molecule has 0 spiro atoms. The molecule has 0 fully saturated rings. The third-order valence-electron chi connectivity index (χ3n) is 2.77. The van der Waals surface area contributed by atoms with E-state index >= 15 is 0 Å². The van der Waals surface area contributed by atoms with Gasteiger partial charge in [-0.15, -0.1) is 0 Å². The molecule has 21 heavy (non-hydrogen) atoms. The molecule has 2 rings (SSSR count). The van der Waals surface area contributed by atoms with Crippen LogP contribution < -0.4 is 4.72 Å². The van der Waals surface area contributed by atoms with Crippen molar-refractivity contribution in [2.24, 2.45) is 0 Å². The van der Waals surface area contributed by atoms with Crippen LogP contribution in [0.1, 0.15) is 5.56 Å². The second kappa shape index (κ2) is 5.82. The highest BCUT2D eigenvalue weighted by Crippen LogP contribution is 2.24. The molecule has 0 aliphatic heterocycles. The molecule has 2 aromatic carbocycles. The summed E-state index contributed by atoms with van der Waals surface area (Å²) in [6, 6.07) is 10.1. The number of aryl methyl sites for hydroxylation is 1. The SMILES string of the molecule is Cc1ccc(Br)cc1S(=O)(=O)Nc1ccc([N+](=O)[O-])cc1. The fourth-order valence-electron chi connectivity index (χ4n) is 1.72. The van der Waals surface area contributed by atoms with Crippen LogP contribution in [0.25, 0.3) is 0 Å². The molecule has 0 radical (unpaired) electrons. The quantitative estimate of drug-likeness (QED) is 0.658. The van der Waals surface area contributed by atoms with Gasteiger partial charge in [-0.3, -0.25) is 14.8 Å². The third kappa shape index (κ3) is 3.59. The highest BCUT2D eigenvalue weighted by Gasteiger charge is 2.17. The second-order valence-electron chi connectivity index (χ2n) is 4.32. The van der Waals surface area contributed by atoms with Gasteiger partial charge in [0.25, 0.3) is 15.7 Å². The summed E-state index contributed by atoms with van der Waals surface area (Å²) in [7, 11) is -3.75. The summed E-state index contributed by atoms with van der Waals surface area (Å²) in [5.74, 6) is 0. The molecule has 110 valence electrons. The average Bonchev–Trinajstić information content (AvgIpc) is 2.41. The number of hydrogen-bond acceptors (Lipinski definition) is 4. The smallest absolute Gasteiger partial charge is 0.269 e. The summed E-state index contributed by atoms with van der Waals surface area (Å²) in [5.41, 5.74) is 0.768. The van der Waals surface area contributed by atoms with Crippen LogP contribution in [0.5, 0.6) is 0 Å². The standard InChI is InChI=1S/C13H11BrN2O4S/c1-9-2-3-10(14)8-13(9)21(19,20)15-11-4-6-12(7-5-11)16(17)18/h2-8,15H,1H3. The lowest BCUT2D eigenvalue weighted by atomic mass is 10.2. The summed E-state index contributed by atoms with van der Waals surface area (Å²) in [4.78, 5) is 10.2. The predicted octanol–water partition coefficient (Wildman–Crippen LogP) is 3.47. The van der Waals surface area contributed by atoms with Crippen molar-refractivity contribution >= 4 is 37.3 Å². The molecule has 0 aliphatic carbocycles. The number of anilines is 1. The molecular weight excluding hydrogens is 360 g/mol. The number of nitrogens with zero attached hydrogens (tertiary/aromatic N) is 1. The number of rotatable bonds is 4. The van der Waals surface area contributed by atoms with Crippen LogP contribution in [0, 0.1) is 17.0 Å². The van der Waals surface area contributed by atoms with Gasteiger partial charge in [0.15, 0.2) is 0 Å². The molecule has 0 saturated carbocycles. The van der Waals surface area contributed by atoms with Gasteiger partial charge in [-0.1, -0.05) is 22.0 Å². The van der Waals surface area contributed by atoms with Gasteiger partial charge in [-0.2, -0.15) is 0 Å². The van der Waals surface area contributed by atoms with E-state index in [1.165, 1.54) is 30.3 Å². The first-order chi connectivity index (χ1) is 9.79. The number of nitro groups is 1. The van der Waals surface area contributed by atoms with Crippen LogP contribution in [0.4, 0.5) is 11.4 Å². The van der Waals surface area contributed by atoms with Crippen LogP contribution in [0.15, 0.2) is 51.8 Å². The van der Waals surface area contributed by atoms with Gasteiger partial charge in [0, 0.05) is 22.3 Å². The number of sulfonamides is 1. The van der Waals surface area contributed by atoms with Crippen molar-refractivity contribution in [3.8, 4) is 0 Å². The second-order valence-corrected chi connectivity index (χ2v) is 6.89. The summed E-state index contributed by atoms with van der Waals surface area (Å²) >= 11 is 3.23. The van der Waals surface area contributed by atoms with E-state index in [0.717, 1.165) is 0 Å². The zero-order valence-corrected chi connectivity index (χ0v) is 13.3. The van der Waals surface area contributed by atoms with Gasteiger partial charge in [-0.25, -0.2) is 8.42 Å². The van der Waals surface area contributed by atoms with Crippen LogP contribution in [0.2, 0.25) is 0 Å². The Bertz CT molecular complexity index is 788. The van der Waals surface area contributed by atoms with Crippen molar-refractivity contribution in [2.75, 3.05) is 4.72 Å². The first-order valence-corrected chi connectivity index (χ1v) is 8.10. The first-order valence-electron chi connectivity index (χ1n) is 5.83. The van der Waals surface area contributed by atoms with Crippen molar-refractivity contribution in [2.45, 2.75) is 11.8 Å². The summed E-state index contributed by atoms with van der Waals surface area (Å²) < 4.78 is 27.7. The van der Waals surface area contributed by atoms with Gasteiger partial charge in [0.05, 0.1) is 9.82 Å². The van der Waals surface area contributed by atoms with E-state index < -0.39 is 14.9 Å². The van der Waals surface area contributed by atoms with E-state index in [0.29, 0.717) is 10.0 Å². The minimum Gasteiger partial charge on any atom is -0.280 e. The Morgan fingerprint density at radius 2 is 1.76 bits per heavy atom. The lowest BCUT2D eigenvalue weighted by molar-refractivity contribution is -0.384. The molecule has 0 heterocycles. The molecule has 0 unspecified atom stereocenters. The monoisotopic (exact) mass is 370 g/mol. The van der Waals surface area contributed by atoms with E-state index in [9.17, 15) is 18.5 Å². The number of hydrogen-bond donors (Lipinski definition) is 1. The van der Waals surface area contributed by atoms with Gasteiger partial charge in [0.1, 0.15) is 0 Å². The molecular formula is C13H11BrN2O4S. The molecule has 0 aromatic heterocycles. The minimum atomic E-state index is -3.75. The molecule has 1 N–H and O–H groups in total. The maximum absolute atomic E-state index is 12.3. The number of halogens is 1. The zero-order chi connectivity index (χ0) is 15.6. The largest absolute Gasteiger partial charge is 0.280 e. The van der Waals surface area contributed by atoms with E-state index in [4.69, 9.17) is 0 Å². The average molecular weight is 371 g/mol. The zero-order valence-electron chi connectivity index (χ0n) is 10.9. The van der Waals surface area contributed by atoms with Crippen molar-refractivity contribution < 1.29 is 13.3 Å². The fraction of sp³-hybridized carbons (Fsp3) is 0.0769. The van der Waals surface area contributed by atoms with Crippen molar-refractivity contribution in [3.63, 3.8) is 0 Å². The molecule has 0 aliphatic rings. The Labute approximate surface area is 130 Å². The number of nitrogens with one attached hydrogen (secondary N) is 1. The van der Waals surface area contributed by atoms with Crippen LogP contribution >= 0.6 is 15.9 Å². The Morgan fingerprint density at radius 1 is 1.14 bits per heavy atom. The summed E-state index contributed by atoms with van der Waals surface area (Å²) in [6.45, 7) is 1.69. The Hall–Kier alpha value is -1.93. The minimum absolute atomic E-state index is 0.100. The fourth-order valence-corrected chi connectivity index (χ4v) is 3.57. The highest BCUT2D eigenvalue weighted by molar-refractivity contribution is 9.10. The Kier molecular flexibility index (Phi) is 4.29. The Balaban J connectivity index is 2.33. The predicted molar refractivity (Wildman–Crippen MR) is 82.8 cm³/mol. The number of non-ortho nitro benzene ring substituents is 1. The normalized spacial score (nSPS) is 11.1. The van der Waals surface area contributed by atoms with E-state index in [1.807, 2.05) is 0 Å². The van der Waals surface area contributed by atoms with Crippen LogP contribution in [-0.2, 0) is 10.0 Å². The number of nitro benzene ring substituents is 1. The lowest BCUT2D eigenvalue weighted by Gasteiger charge is -2.10. The van der Waals surface area contributed by atoms with Gasteiger partial charge in [-0.05, 0) is 36.8 Å². The van der Waals surface area contributed by atoms with Crippen molar-refractivity contribution in [1.82, 2.24) is 0 Å². The third-order valence-corrected chi connectivity index (χ3v) is 4.79. The molecule has 0 atom stereocenters. The Morgan fingerprint density at radius 3 is 2.33 bits per heavy atom. The van der Waals surface area contributed by atoms with Gasteiger partial charge in [0.2, 0.25) is 0 Å². The molecule has 2 aromatic rings. The van der Waals surface area contributed by atoms with E-state index in [-0.39, 0.29) is 16.3 Å². The van der Waals surface area contributed by atoms with Crippen molar-refractivity contribution in [3.05, 3.63) is 62.6 Å².